The van der Waals surface area contributed by atoms with E-state index in [4.69, 9.17) is 4.98 Å². The number of nitrogens with one attached hydrogen (secondary N) is 1. The summed E-state index contributed by atoms with van der Waals surface area (Å²) in [5, 5.41) is 14.5. The highest BCUT2D eigenvalue weighted by Crippen LogP contribution is 2.39. The molecule has 3 aromatic rings. The van der Waals surface area contributed by atoms with Crippen molar-refractivity contribution in [3.8, 4) is 11.1 Å². The molecule has 0 spiro atoms. The van der Waals surface area contributed by atoms with E-state index in [1.54, 1.807) is 6.92 Å². The van der Waals surface area contributed by atoms with Crippen molar-refractivity contribution in [2.24, 2.45) is 0 Å². The van der Waals surface area contributed by atoms with Crippen molar-refractivity contribution in [3.63, 3.8) is 0 Å². The molecule has 2 aromatic heterocycles. The predicted octanol–water partition coefficient (Wildman–Crippen LogP) is 5.95. The number of alkyl halides is 2. The van der Waals surface area contributed by atoms with E-state index in [0.29, 0.717) is 12.0 Å². The Balaban J connectivity index is 1.39. The van der Waals surface area contributed by atoms with Crippen LogP contribution in [-0.2, 0) is 6.54 Å². The summed E-state index contributed by atoms with van der Waals surface area (Å²) >= 11 is 0. The SMILES string of the molecule is CC(C)N1CCN(Cc2ccc(-c3cn(C4CCC(C)(O)CC4)c4nc(N[C@@H](C)CC(F)F)ncc34)cc2)CC1. The topological polar surface area (TPSA) is 69.5 Å². The first kappa shape index (κ1) is 28.9. The van der Waals surface area contributed by atoms with Crippen molar-refractivity contribution in [3.05, 3.63) is 42.2 Å². The van der Waals surface area contributed by atoms with Crippen LogP contribution in [0.3, 0.4) is 0 Å². The predicted molar refractivity (Wildman–Crippen MR) is 157 cm³/mol. The van der Waals surface area contributed by atoms with Crippen LogP contribution >= 0.6 is 0 Å². The summed E-state index contributed by atoms with van der Waals surface area (Å²) in [7, 11) is 0. The van der Waals surface area contributed by atoms with Gasteiger partial charge >= 0.3 is 0 Å². The molecule has 2 N–H and O–H groups in total. The molecule has 40 heavy (non-hydrogen) atoms. The molecule has 2 fully saturated rings. The molecule has 1 saturated carbocycles. The number of halogens is 2. The number of hydrogen-bond acceptors (Lipinski definition) is 6. The normalized spacial score (nSPS) is 23.8. The Hall–Kier alpha value is -2.62. The number of nitrogens with zero attached hydrogens (tertiary/aromatic N) is 5. The Morgan fingerprint density at radius 2 is 1.73 bits per heavy atom. The summed E-state index contributed by atoms with van der Waals surface area (Å²) in [6.45, 7) is 13.5. The number of rotatable bonds is 9. The van der Waals surface area contributed by atoms with Gasteiger partial charge in [0.15, 0.2) is 0 Å². The number of aromatic nitrogens is 3. The van der Waals surface area contributed by atoms with E-state index in [1.807, 2.05) is 13.1 Å². The highest BCUT2D eigenvalue weighted by atomic mass is 19.3. The third-order valence-corrected chi connectivity index (χ3v) is 8.71. The molecule has 5 rings (SSSR count). The van der Waals surface area contributed by atoms with E-state index >= 15 is 0 Å². The zero-order chi connectivity index (χ0) is 28.4. The van der Waals surface area contributed by atoms with Crippen LogP contribution in [0.4, 0.5) is 14.7 Å². The first-order valence-corrected chi connectivity index (χ1v) is 14.8. The third kappa shape index (κ3) is 6.81. The van der Waals surface area contributed by atoms with Crippen molar-refractivity contribution >= 4 is 17.0 Å². The zero-order valence-electron chi connectivity index (χ0n) is 24.3. The van der Waals surface area contributed by atoms with Gasteiger partial charge < -0.3 is 15.0 Å². The number of aliphatic hydroxyl groups is 1. The average Bonchev–Trinajstić information content (AvgIpc) is 3.28. The zero-order valence-corrected chi connectivity index (χ0v) is 24.3. The molecule has 9 heteroatoms. The maximum atomic E-state index is 12.9. The lowest BCUT2D eigenvalue weighted by molar-refractivity contribution is 0.0104. The Labute approximate surface area is 236 Å². The van der Waals surface area contributed by atoms with Gasteiger partial charge in [0.05, 0.1) is 5.60 Å². The molecule has 218 valence electrons. The van der Waals surface area contributed by atoms with Gasteiger partial charge in [0.25, 0.3) is 0 Å². The smallest absolute Gasteiger partial charge is 0.240 e. The number of anilines is 1. The number of fused-ring (bicyclic) bond motifs is 1. The van der Waals surface area contributed by atoms with Gasteiger partial charge in [0, 0.05) is 80.6 Å². The molecule has 1 saturated heterocycles. The van der Waals surface area contributed by atoms with Gasteiger partial charge in [-0.25, -0.2) is 13.8 Å². The van der Waals surface area contributed by atoms with E-state index in [-0.39, 0.29) is 12.5 Å². The first-order chi connectivity index (χ1) is 19.1. The van der Waals surface area contributed by atoms with Gasteiger partial charge in [-0.2, -0.15) is 4.98 Å². The Kier molecular flexibility index (Phi) is 8.73. The van der Waals surface area contributed by atoms with Crippen LogP contribution in [0.5, 0.6) is 0 Å². The third-order valence-electron chi connectivity index (χ3n) is 8.71. The van der Waals surface area contributed by atoms with Gasteiger partial charge in [0.2, 0.25) is 12.4 Å². The highest BCUT2D eigenvalue weighted by molar-refractivity contribution is 5.94. The second-order valence-electron chi connectivity index (χ2n) is 12.4. The maximum Gasteiger partial charge on any atom is 0.240 e. The maximum absolute atomic E-state index is 12.9. The lowest BCUT2D eigenvalue weighted by Gasteiger charge is -2.36. The van der Waals surface area contributed by atoms with E-state index in [9.17, 15) is 13.9 Å². The second-order valence-corrected chi connectivity index (χ2v) is 12.4. The molecule has 0 radical (unpaired) electrons. The fourth-order valence-corrected chi connectivity index (χ4v) is 6.14. The molecule has 0 unspecified atom stereocenters. The van der Waals surface area contributed by atoms with Crippen LogP contribution < -0.4 is 5.32 Å². The first-order valence-electron chi connectivity index (χ1n) is 14.8. The van der Waals surface area contributed by atoms with Gasteiger partial charge in [-0.1, -0.05) is 24.3 Å². The largest absolute Gasteiger partial charge is 0.390 e. The highest BCUT2D eigenvalue weighted by Gasteiger charge is 2.31. The number of piperazine rings is 1. The molecule has 1 atom stereocenters. The summed E-state index contributed by atoms with van der Waals surface area (Å²) in [5.74, 6) is 0.363. The van der Waals surface area contributed by atoms with Crippen LogP contribution in [-0.4, -0.2) is 79.7 Å². The number of benzene rings is 1. The minimum Gasteiger partial charge on any atom is -0.390 e. The standard InChI is InChI=1S/C31H44F2N6O/c1-21(2)38-15-13-37(14-16-38)19-23-5-7-24(8-6-23)27-20-39(25-9-11-31(4,40)12-10-25)29-26(27)18-34-30(36-29)35-22(3)17-28(32)33/h5-8,18,20-22,25,28,40H,9-17,19H2,1-4H3,(H,34,35,36)/t22-,25?,31?/m0/s1. The van der Waals surface area contributed by atoms with E-state index < -0.39 is 18.1 Å². The molecule has 0 bridgehead atoms. The Bertz CT molecular complexity index is 1260. The van der Waals surface area contributed by atoms with Gasteiger partial charge in [-0.15, -0.1) is 0 Å². The molecular weight excluding hydrogens is 510 g/mol. The summed E-state index contributed by atoms with van der Waals surface area (Å²) < 4.78 is 28.0. The molecule has 2 aliphatic rings. The van der Waals surface area contributed by atoms with Crippen molar-refractivity contribution in [1.29, 1.82) is 0 Å². The monoisotopic (exact) mass is 554 g/mol. The van der Waals surface area contributed by atoms with Crippen LogP contribution in [0.25, 0.3) is 22.2 Å². The van der Waals surface area contributed by atoms with Crippen molar-refractivity contribution < 1.29 is 13.9 Å². The fraction of sp³-hybridized carbons (Fsp3) is 0.613. The summed E-state index contributed by atoms with van der Waals surface area (Å²) in [6.07, 6.45) is 4.50. The lowest BCUT2D eigenvalue weighted by Crippen LogP contribution is -2.48. The van der Waals surface area contributed by atoms with Crippen LogP contribution in [0.15, 0.2) is 36.7 Å². The van der Waals surface area contributed by atoms with Gasteiger partial charge in [-0.3, -0.25) is 9.80 Å². The quantitative estimate of drug-likeness (QED) is 0.341. The van der Waals surface area contributed by atoms with Crippen LogP contribution in [0.2, 0.25) is 0 Å². The lowest BCUT2D eigenvalue weighted by atomic mass is 9.83. The van der Waals surface area contributed by atoms with Gasteiger partial charge in [-0.05, 0) is 64.5 Å². The van der Waals surface area contributed by atoms with Crippen molar-refractivity contribution in [2.75, 3.05) is 31.5 Å². The van der Waals surface area contributed by atoms with E-state index in [1.165, 1.54) is 5.56 Å². The minimum absolute atomic E-state index is 0.210. The molecule has 1 aromatic carbocycles. The average molecular weight is 555 g/mol. The number of hydrogen-bond donors (Lipinski definition) is 2. The summed E-state index contributed by atoms with van der Waals surface area (Å²) in [4.78, 5) is 14.4. The van der Waals surface area contributed by atoms with E-state index in [0.717, 1.165) is 80.6 Å². The summed E-state index contributed by atoms with van der Waals surface area (Å²) in [6, 6.07) is 9.17. The van der Waals surface area contributed by atoms with Crippen molar-refractivity contribution in [1.82, 2.24) is 24.3 Å². The van der Waals surface area contributed by atoms with Gasteiger partial charge in [0.1, 0.15) is 5.65 Å². The molecule has 1 aliphatic heterocycles. The fourth-order valence-electron chi connectivity index (χ4n) is 6.14. The molecular formula is C31H44F2N6O. The Morgan fingerprint density at radius 1 is 1.05 bits per heavy atom. The van der Waals surface area contributed by atoms with Crippen molar-refractivity contribution in [2.45, 2.75) is 96.5 Å². The van der Waals surface area contributed by atoms with Crippen LogP contribution in [0.1, 0.15) is 71.4 Å². The second kappa shape index (κ2) is 12.1. The molecule has 1 aliphatic carbocycles. The summed E-state index contributed by atoms with van der Waals surface area (Å²) in [5.41, 5.74) is 3.64. The molecule has 3 heterocycles. The Morgan fingerprint density at radius 3 is 2.35 bits per heavy atom. The minimum atomic E-state index is -2.38. The van der Waals surface area contributed by atoms with Crippen LogP contribution in [0, 0.1) is 0 Å². The molecule has 7 nitrogen and oxygen atoms in total. The van der Waals surface area contributed by atoms with E-state index in [2.05, 4.69) is 69.0 Å². The molecule has 0 amide bonds.